The lowest BCUT2D eigenvalue weighted by molar-refractivity contribution is 0.254. The minimum absolute atomic E-state index is 0. The predicted molar refractivity (Wildman–Crippen MR) is 62.7 cm³/mol. The molecular formula is C8H10Cl2N2OS. The highest BCUT2D eigenvalue weighted by atomic mass is 35.5. The molecule has 0 aliphatic heterocycles. The van der Waals surface area contributed by atoms with E-state index in [1.54, 1.807) is 0 Å². The van der Waals surface area contributed by atoms with Crippen LogP contribution in [0.25, 0.3) is 0 Å². The molecule has 14 heavy (non-hydrogen) atoms. The molecule has 0 atom stereocenters. The first-order valence-corrected chi connectivity index (χ1v) is 4.96. The fraction of sp³-hybridized carbons (Fsp3) is 0.125. The van der Waals surface area contributed by atoms with E-state index < -0.39 is 6.03 Å². The maximum absolute atomic E-state index is 10.3. The molecule has 0 spiro atoms. The Kier molecular flexibility index (Phi) is 6.53. The van der Waals surface area contributed by atoms with Crippen molar-refractivity contribution < 1.29 is 4.79 Å². The van der Waals surface area contributed by atoms with Gasteiger partial charge in [0.1, 0.15) is 0 Å². The highest BCUT2D eigenvalue weighted by Crippen LogP contribution is 2.13. The molecule has 1 aromatic rings. The highest BCUT2D eigenvalue weighted by Gasteiger charge is 1.95. The zero-order chi connectivity index (χ0) is 9.68. The molecule has 0 aliphatic carbocycles. The Labute approximate surface area is 97.9 Å². The van der Waals surface area contributed by atoms with Crippen molar-refractivity contribution in [2.75, 3.05) is 0 Å². The summed E-state index contributed by atoms with van der Waals surface area (Å²) in [7, 11) is 0. The van der Waals surface area contributed by atoms with Gasteiger partial charge in [-0.05, 0) is 29.6 Å². The lowest BCUT2D eigenvalue weighted by Crippen LogP contribution is -2.22. The molecule has 1 aromatic carbocycles. The molecule has 78 valence electrons. The first kappa shape index (κ1) is 13.4. The van der Waals surface area contributed by atoms with Gasteiger partial charge in [0.2, 0.25) is 0 Å². The number of carbonyl (C=O) groups excluding carboxylic acids is 1. The monoisotopic (exact) mass is 252 g/mol. The fourth-order valence-corrected chi connectivity index (χ4v) is 1.47. The van der Waals surface area contributed by atoms with Crippen LogP contribution in [0.1, 0.15) is 5.56 Å². The molecule has 2 amide bonds. The number of nitrogens with one attached hydrogen (secondary N) is 1. The molecule has 0 heterocycles. The zero-order valence-corrected chi connectivity index (χ0v) is 9.59. The minimum atomic E-state index is -0.529. The van der Waals surface area contributed by atoms with E-state index >= 15 is 0 Å². The van der Waals surface area contributed by atoms with Gasteiger partial charge >= 0.3 is 6.03 Å². The number of hydrogen-bond donors (Lipinski definition) is 2. The van der Waals surface area contributed by atoms with Gasteiger partial charge in [0.25, 0.3) is 0 Å². The lowest BCUT2D eigenvalue weighted by atomic mass is 10.2. The number of hydrogen-bond acceptors (Lipinski definition) is 2. The van der Waals surface area contributed by atoms with Crippen molar-refractivity contribution in [1.29, 1.82) is 0 Å². The molecule has 0 fully saturated rings. The van der Waals surface area contributed by atoms with E-state index in [0.717, 1.165) is 5.56 Å². The van der Waals surface area contributed by atoms with E-state index in [2.05, 4.69) is 4.72 Å². The summed E-state index contributed by atoms with van der Waals surface area (Å²) in [6, 6.07) is 6.89. The van der Waals surface area contributed by atoms with Gasteiger partial charge < -0.3 is 5.73 Å². The van der Waals surface area contributed by atoms with Crippen molar-refractivity contribution in [2.45, 2.75) is 5.75 Å². The van der Waals surface area contributed by atoms with Crippen molar-refractivity contribution in [3.05, 3.63) is 34.9 Å². The van der Waals surface area contributed by atoms with Crippen LogP contribution in [-0.4, -0.2) is 6.03 Å². The molecule has 0 aliphatic rings. The molecule has 3 N–H and O–H groups in total. The highest BCUT2D eigenvalue weighted by molar-refractivity contribution is 7.97. The molecule has 0 unspecified atom stereocenters. The largest absolute Gasteiger partial charge is 0.351 e. The molecule has 0 saturated heterocycles. The maximum atomic E-state index is 10.3. The van der Waals surface area contributed by atoms with Crippen LogP contribution in [0.15, 0.2) is 24.3 Å². The molecular weight excluding hydrogens is 243 g/mol. The van der Waals surface area contributed by atoms with Crippen molar-refractivity contribution >= 4 is 42.0 Å². The van der Waals surface area contributed by atoms with Crippen LogP contribution in [0.4, 0.5) is 4.79 Å². The van der Waals surface area contributed by atoms with Gasteiger partial charge in [0.15, 0.2) is 0 Å². The Bertz CT molecular complexity index is 292. The number of carbonyl (C=O) groups is 1. The summed E-state index contributed by atoms with van der Waals surface area (Å²) < 4.78 is 2.43. The van der Waals surface area contributed by atoms with Crippen molar-refractivity contribution in [2.24, 2.45) is 5.73 Å². The number of rotatable bonds is 3. The van der Waals surface area contributed by atoms with Gasteiger partial charge in [-0.15, -0.1) is 12.4 Å². The van der Waals surface area contributed by atoms with Crippen molar-refractivity contribution in [1.82, 2.24) is 4.72 Å². The van der Waals surface area contributed by atoms with Crippen LogP contribution in [0.3, 0.4) is 0 Å². The first-order valence-electron chi connectivity index (χ1n) is 3.60. The number of amides is 2. The second-order valence-electron chi connectivity index (χ2n) is 2.38. The number of benzene rings is 1. The normalized spacial score (nSPS) is 8.93. The van der Waals surface area contributed by atoms with E-state index in [1.165, 1.54) is 11.9 Å². The Hall–Kier alpha value is -0.580. The smallest absolute Gasteiger partial charge is 0.322 e. The molecule has 0 aromatic heterocycles. The van der Waals surface area contributed by atoms with Crippen molar-refractivity contribution in [3.8, 4) is 0 Å². The Morgan fingerprint density at radius 2 is 2.00 bits per heavy atom. The average Bonchev–Trinajstić information content (AvgIpc) is 2.08. The predicted octanol–water partition coefficient (Wildman–Crippen LogP) is 2.58. The minimum Gasteiger partial charge on any atom is -0.351 e. The standard InChI is InChI=1S/C8H9ClN2OS.ClH/c9-7-3-1-6(2-4-7)5-13-11-8(10)12;/h1-4H,5H2,(H3,10,11,12);1H. The van der Waals surface area contributed by atoms with Gasteiger partial charge in [-0.25, -0.2) is 4.79 Å². The third-order valence-corrected chi connectivity index (χ3v) is 2.40. The van der Waals surface area contributed by atoms with E-state index in [-0.39, 0.29) is 12.4 Å². The molecule has 3 nitrogen and oxygen atoms in total. The first-order chi connectivity index (χ1) is 6.18. The third-order valence-electron chi connectivity index (χ3n) is 1.32. The summed E-state index contributed by atoms with van der Waals surface area (Å²) in [6.07, 6.45) is 0. The summed E-state index contributed by atoms with van der Waals surface area (Å²) in [5.74, 6) is 0.681. The second kappa shape index (κ2) is 6.81. The molecule has 6 heteroatoms. The van der Waals surface area contributed by atoms with Gasteiger partial charge in [0, 0.05) is 10.8 Å². The van der Waals surface area contributed by atoms with Gasteiger partial charge in [-0.1, -0.05) is 23.7 Å². The third kappa shape index (κ3) is 5.21. The van der Waals surface area contributed by atoms with E-state index in [0.29, 0.717) is 10.8 Å². The SMILES string of the molecule is Cl.NC(=O)NSCc1ccc(Cl)cc1. The second-order valence-corrected chi connectivity index (χ2v) is 3.60. The molecule has 0 radical (unpaired) electrons. The van der Waals surface area contributed by atoms with Crippen LogP contribution in [0, 0.1) is 0 Å². The summed E-state index contributed by atoms with van der Waals surface area (Å²) in [5.41, 5.74) is 5.97. The van der Waals surface area contributed by atoms with Crippen molar-refractivity contribution in [3.63, 3.8) is 0 Å². The molecule has 1 rings (SSSR count). The van der Waals surface area contributed by atoms with Crippen LogP contribution >= 0.6 is 36.0 Å². The molecule has 0 saturated carbocycles. The van der Waals surface area contributed by atoms with Gasteiger partial charge in [-0.2, -0.15) is 0 Å². The summed E-state index contributed by atoms with van der Waals surface area (Å²) in [4.78, 5) is 10.3. The maximum Gasteiger partial charge on any atom is 0.322 e. The summed E-state index contributed by atoms with van der Waals surface area (Å²) >= 11 is 6.95. The number of primary amides is 1. The van der Waals surface area contributed by atoms with E-state index in [1.807, 2.05) is 24.3 Å². The Morgan fingerprint density at radius 3 is 2.50 bits per heavy atom. The van der Waals surface area contributed by atoms with Crippen LogP contribution in [0.2, 0.25) is 5.02 Å². The van der Waals surface area contributed by atoms with Crippen LogP contribution in [0.5, 0.6) is 0 Å². The van der Waals surface area contributed by atoms with Gasteiger partial charge in [0.05, 0.1) is 0 Å². The number of urea groups is 1. The van der Waals surface area contributed by atoms with Crippen LogP contribution in [-0.2, 0) is 5.75 Å². The quantitative estimate of drug-likeness (QED) is 0.813. The average molecular weight is 253 g/mol. The zero-order valence-electron chi connectivity index (χ0n) is 7.20. The summed E-state index contributed by atoms with van der Waals surface area (Å²) in [6.45, 7) is 0. The number of halogens is 2. The lowest BCUT2D eigenvalue weighted by Gasteiger charge is -2.00. The van der Waals surface area contributed by atoms with E-state index in [4.69, 9.17) is 17.3 Å². The Morgan fingerprint density at radius 1 is 1.43 bits per heavy atom. The topological polar surface area (TPSA) is 55.1 Å². The Balaban J connectivity index is 0.00000169. The fourth-order valence-electron chi connectivity index (χ4n) is 0.771. The van der Waals surface area contributed by atoms with E-state index in [9.17, 15) is 4.79 Å². The van der Waals surface area contributed by atoms with Crippen LogP contribution < -0.4 is 10.5 Å². The number of nitrogens with two attached hydrogens (primary N) is 1. The summed E-state index contributed by atoms with van der Waals surface area (Å²) in [5, 5.41) is 0.705. The van der Waals surface area contributed by atoms with Gasteiger partial charge in [-0.3, -0.25) is 4.72 Å². The molecule has 0 bridgehead atoms.